The van der Waals surface area contributed by atoms with Gasteiger partial charge in [0.05, 0.1) is 17.3 Å². The van der Waals surface area contributed by atoms with Gasteiger partial charge in [-0.05, 0) is 59.2 Å². The van der Waals surface area contributed by atoms with E-state index in [2.05, 4.69) is 11.0 Å². The molecular formula is C34H28Cl2N4O3. The molecule has 0 radical (unpaired) electrons. The van der Waals surface area contributed by atoms with Crippen molar-refractivity contribution in [3.63, 3.8) is 0 Å². The third-order valence-electron chi connectivity index (χ3n) is 8.26. The van der Waals surface area contributed by atoms with Gasteiger partial charge < -0.3 is 9.64 Å². The second-order valence-electron chi connectivity index (χ2n) is 10.9. The average Bonchev–Trinajstić information content (AvgIpc) is 3.48. The number of likely N-dealkylation sites (N-methyl/N-ethyl adjacent to an activating group) is 1. The molecule has 2 fully saturated rings. The first-order valence-corrected chi connectivity index (χ1v) is 14.6. The van der Waals surface area contributed by atoms with Crippen molar-refractivity contribution in [2.75, 3.05) is 25.0 Å². The van der Waals surface area contributed by atoms with Crippen LogP contribution in [0.5, 0.6) is 5.75 Å². The number of carbonyl (C=O) groups excluding carboxylic acids is 2. The predicted molar refractivity (Wildman–Crippen MR) is 166 cm³/mol. The molecule has 43 heavy (non-hydrogen) atoms. The Morgan fingerprint density at radius 1 is 0.907 bits per heavy atom. The Balaban J connectivity index is 1.28. The number of carbonyl (C=O) groups is 2. The number of likely N-dealkylation sites (tertiary alicyclic amines) is 1. The van der Waals surface area contributed by atoms with Crippen molar-refractivity contribution in [1.29, 1.82) is 5.26 Å². The van der Waals surface area contributed by atoms with Crippen molar-refractivity contribution in [3.8, 4) is 11.8 Å². The summed E-state index contributed by atoms with van der Waals surface area (Å²) in [6.07, 6.45) is 0. The minimum absolute atomic E-state index is 0.329. The normalized spacial score (nSPS) is 20.2. The SMILES string of the molecule is CN1C(=O)N(c2cc(Cl)cc(Cl)c2)C(=O)[C@]12CN(Cc1ccc(OCc3ccccc3)cc1)C[C@H]2c1ccc(C#N)cc1. The molecule has 4 aromatic carbocycles. The van der Waals surface area contributed by atoms with Crippen LogP contribution >= 0.6 is 23.2 Å². The summed E-state index contributed by atoms with van der Waals surface area (Å²) >= 11 is 12.5. The van der Waals surface area contributed by atoms with Gasteiger partial charge in [-0.1, -0.05) is 77.8 Å². The quantitative estimate of drug-likeness (QED) is 0.213. The molecule has 9 heteroatoms. The molecule has 0 N–H and O–H groups in total. The summed E-state index contributed by atoms with van der Waals surface area (Å²) in [4.78, 5) is 33.0. The van der Waals surface area contributed by atoms with E-state index in [0.717, 1.165) is 22.4 Å². The smallest absolute Gasteiger partial charge is 0.332 e. The number of imide groups is 1. The molecule has 2 saturated heterocycles. The lowest BCUT2D eigenvalue weighted by Gasteiger charge is -2.34. The second kappa shape index (κ2) is 11.7. The molecule has 2 aliphatic rings. The lowest BCUT2D eigenvalue weighted by molar-refractivity contribution is -0.124. The van der Waals surface area contributed by atoms with Gasteiger partial charge in [0.15, 0.2) is 0 Å². The highest BCUT2D eigenvalue weighted by molar-refractivity contribution is 6.35. The molecule has 6 rings (SSSR count). The van der Waals surface area contributed by atoms with Crippen LogP contribution in [0.25, 0.3) is 0 Å². The summed E-state index contributed by atoms with van der Waals surface area (Å²) in [6.45, 7) is 1.92. The zero-order valence-corrected chi connectivity index (χ0v) is 24.9. The summed E-state index contributed by atoms with van der Waals surface area (Å²) in [5.74, 6) is 0.0998. The number of rotatable bonds is 7. The van der Waals surface area contributed by atoms with Crippen LogP contribution in [-0.2, 0) is 17.9 Å². The number of ether oxygens (including phenoxy) is 1. The van der Waals surface area contributed by atoms with Crippen LogP contribution in [0.15, 0.2) is 97.1 Å². The third-order valence-corrected chi connectivity index (χ3v) is 8.69. The maximum atomic E-state index is 14.4. The van der Waals surface area contributed by atoms with E-state index in [1.165, 1.54) is 4.90 Å². The third kappa shape index (κ3) is 5.46. The first-order valence-electron chi connectivity index (χ1n) is 13.8. The summed E-state index contributed by atoms with van der Waals surface area (Å²) in [5.41, 5.74) is 2.72. The van der Waals surface area contributed by atoms with Gasteiger partial charge in [0, 0.05) is 42.6 Å². The van der Waals surface area contributed by atoms with E-state index < -0.39 is 11.6 Å². The van der Waals surface area contributed by atoms with Gasteiger partial charge in [0.2, 0.25) is 0 Å². The Bertz CT molecular complexity index is 1690. The fourth-order valence-corrected chi connectivity index (χ4v) is 6.62. The summed E-state index contributed by atoms with van der Waals surface area (Å²) in [7, 11) is 1.67. The lowest BCUT2D eigenvalue weighted by Crippen LogP contribution is -2.53. The van der Waals surface area contributed by atoms with Gasteiger partial charge in [-0.3, -0.25) is 9.69 Å². The van der Waals surface area contributed by atoms with Crippen molar-refractivity contribution in [1.82, 2.24) is 9.80 Å². The number of benzene rings is 4. The van der Waals surface area contributed by atoms with E-state index in [1.54, 1.807) is 42.3 Å². The van der Waals surface area contributed by atoms with Crippen molar-refractivity contribution >= 4 is 40.8 Å². The van der Waals surface area contributed by atoms with Crippen LogP contribution in [0.1, 0.15) is 28.2 Å². The molecule has 0 saturated carbocycles. The van der Waals surface area contributed by atoms with Gasteiger partial charge in [-0.15, -0.1) is 0 Å². The minimum atomic E-state index is -1.17. The molecule has 1 spiro atoms. The molecule has 2 aliphatic heterocycles. The fraction of sp³-hybridized carbons (Fsp3) is 0.206. The number of amides is 3. The van der Waals surface area contributed by atoms with Crippen molar-refractivity contribution in [2.24, 2.45) is 0 Å². The van der Waals surface area contributed by atoms with Crippen LogP contribution in [-0.4, -0.2) is 47.4 Å². The van der Waals surface area contributed by atoms with E-state index in [9.17, 15) is 14.9 Å². The summed E-state index contributed by atoms with van der Waals surface area (Å²) in [6, 6.07) is 31.6. The number of anilines is 1. The number of hydrogen-bond donors (Lipinski definition) is 0. The summed E-state index contributed by atoms with van der Waals surface area (Å²) in [5, 5.41) is 10.0. The molecule has 3 amide bonds. The largest absolute Gasteiger partial charge is 0.489 e. The fourth-order valence-electron chi connectivity index (χ4n) is 6.10. The highest BCUT2D eigenvalue weighted by atomic mass is 35.5. The molecule has 2 atom stereocenters. The molecule has 0 unspecified atom stereocenters. The Hall–Kier alpha value is -4.35. The molecule has 0 aliphatic carbocycles. The Labute approximate surface area is 260 Å². The Morgan fingerprint density at radius 2 is 1.58 bits per heavy atom. The number of halogens is 2. The first-order chi connectivity index (χ1) is 20.8. The zero-order valence-electron chi connectivity index (χ0n) is 23.4. The van der Waals surface area contributed by atoms with Crippen LogP contribution in [0, 0.1) is 11.3 Å². The predicted octanol–water partition coefficient (Wildman–Crippen LogP) is 6.88. The van der Waals surface area contributed by atoms with E-state index in [4.69, 9.17) is 27.9 Å². The minimum Gasteiger partial charge on any atom is -0.489 e. The van der Waals surface area contributed by atoms with Crippen LogP contribution in [0.2, 0.25) is 10.0 Å². The van der Waals surface area contributed by atoms with Crippen molar-refractivity contribution in [2.45, 2.75) is 24.6 Å². The van der Waals surface area contributed by atoms with Crippen LogP contribution in [0.3, 0.4) is 0 Å². The van der Waals surface area contributed by atoms with Crippen LogP contribution < -0.4 is 9.64 Å². The standard InChI is InChI=1S/C34H28Cl2N4O3/c1-38-33(42)40(29-16-27(35)15-28(36)17-29)32(41)34(38)22-39(20-31(34)26-11-7-23(18-37)8-12-26)19-24-9-13-30(14-10-24)43-21-25-5-3-2-4-6-25/h2-17,31H,19-22H2,1H3/t31-,34+/m0/s1. The average molecular weight is 612 g/mol. The maximum absolute atomic E-state index is 14.4. The van der Waals surface area contributed by atoms with Gasteiger partial charge in [0.1, 0.15) is 17.9 Å². The van der Waals surface area contributed by atoms with E-state index >= 15 is 0 Å². The number of nitriles is 1. The van der Waals surface area contributed by atoms with E-state index in [1.807, 2.05) is 66.7 Å². The first kappa shape index (κ1) is 28.8. The molecule has 4 aromatic rings. The highest BCUT2D eigenvalue weighted by Crippen LogP contribution is 2.47. The topological polar surface area (TPSA) is 76.9 Å². The highest BCUT2D eigenvalue weighted by Gasteiger charge is 2.64. The Morgan fingerprint density at radius 3 is 2.23 bits per heavy atom. The maximum Gasteiger partial charge on any atom is 0.332 e. The Kier molecular flexibility index (Phi) is 7.85. The molecule has 2 heterocycles. The zero-order chi connectivity index (χ0) is 30.1. The second-order valence-corrected chi connectivity index (χ2v) is 11.8. The van der Waals surface area contributed by atoms with Gasteiger partial charge >= 0.3 is 6.03 Å². The molecule has 7 nitrogen and oxygen atoms in total. The number of hydrogen-bond acceptors (Lipinski definition) is 5. The van der Waals surface area contributed by atoms with E-state index in [0.29, 0.717) is 47.5 Å². The molecule has 216 valence electrons. The molecular weight excluding hydrogens is 583 g/mol. The van der Waals surface area contributed by atoms with Gasteiger partial charge in [-0.2, -0.15) is 5.26 Å². The summed E-state index contributed by atoms with van der Waals surface area (Å²) < 4.78 is 5.95. The van der Waals surface area contributed by atoms with E-state index in [-0.39, 0.29) is 11.8 Å². The van der Waals surface area contributed by atoms with Gasteiger partial charge in [0.25, 0.3) is 5.91 Å². The van der Waals surface area contributed by atoms with Gasteiger partial charge in [-0.25, -0.2) is 9.69 Å². The van der Waals surface area contributed by atoms with Crippen molar-refractivity contribution in [3.05, 3.63) is 129 Å². The van der Waals surface area contributed by atoms with Crippen molar-refractivity contribution < 1.29 is 14.3 Å². The molecule has 0 aromatic heterocycles. The number of urea groups is 1. The molecule has 0 bridgehead atoms. The number of nitrogens with zero attached hydrogens (tertiary/aromatic N) is 4. The monoisotopic (exact) mass is 610 g/mol. The lowest BCUT2D eigenvalue weighted by atomic mass is 9.80. The van der Waals surface area contributed by atoms with Crippen LogP contribution in [0.4, 0.5) is 10.5 Å².